The van der Waals surface area contributed by atoms with Gasteiger partial charge >= 0.3 is 6.18 Å². The number of alkyl halides is 3. The molecule has 2 aromatic heterocycles. The molecule has 3 heterocycles. The Balaban J connectivity index is 1.79. The highest BCUT2D eigenvalue weighted by molar-refractivity contribution is 5.31. The van der Waals surface area contributed by atoms with Crippen molar-refractivity contribution < 1.29 is 18.3 Å². The number of fused-ring (bicyclic) bond motifs is 1. The second kappa shape index (κ2) is 4.95. The minimum atomic E-state index is -4.45. The Kier molecular flexibility index (Phi) is 3.24. The second-order valence-electron chi connectivity index (χ2n) is 4.52. The van der Waals surface area contributed by atoms with E-state index in [0.29, 0.717) is 31.3 Å². The van der Waals surface area contributed by atoms with Crippen LogP contribution < -0.4 is 4.90 Å². The first-order valence-electron chi connectivity index (χ1n) is 6.15. The standard InChI is InChI=1S/C11H11F3N6O/c12-11(13,14)7-3-15-10(16-4-7)19-1-2-20-9(5-19)17-8(6-21)18-20/h3-4,21H,1-2,5-6H2. The SMILES string of the molecule is OCc1nc2n(n1)CCN(c1ncc(C(F)(F)F)cn1)C2. The summed E-state index contributed by atoms with van der Waals surface area (Å²) in [7, 11) is 0. The second-order valence-corrected chi connectivity index (χ2v) is 4.52. The average Bonchev–Trinajstić information content (AvgIpc) is 2.88. The molecule has 10 heteroatoms. The van der Waals surface area contributed by atoms with Gasteiger partial charge in [0.25, 0.3) is 0 Å². The monoisotopic (exact) mass is 300 g/mol. The summed E-state index contributed by atoms with van der Waals surface area (Å²) in [5.41, 5.74) is -0.881. The Bertz CT molecular complexity index is 638. The minimum Gasteiger partial charge on any atom is -0.388 e. The van der Waals surface area contributed by atoms with Crippen molar-refractivity contribution in [2.24, 2.45) is 0 Å². The van der Waals surface area contributed by atoms with Gasteiger partial charge in [0.2, 0.25) is 5.95 Å². The molecule has 0 amide bonds. The van der Waals surface area contributed by atoms with Gasteiger partial charge in [0.15, 0.2) is 5.82 Å². The van der Waals surface area contributed by atoms with Crippen LogP contribution in [0.4, 0.5) is 19.1 Å². The highest BCUT2D eigenvalue weighted by Gasteiger charge is 2.32. The van der Waals surface area contributed by atoms with Crippen LogP contribution in [-0.4, -0.2) is 36.4 Å². The number of hydrogen-bond acceptors (Lipinski definition) is 6. The van der Waals surface area contributed by atoms with E-state index in [9.17, 15) is 13.2 Å². The van der Waals surface area contributed by atoms with Crippen molar-refractivity contribution in [3.8, 4) is 0 Å². The Hall–Kier alpha value is -2.23. The van der Waals surface area contributed by atoms with Crippen LogP contribution in [0.2, 0.25) is 0 Å². The molecule has 0 radical (unpaired) electrons. The van der Waals surface area contributed by atoms with Crippen LogP contribution in [0.5, 0.6) is 0 Å². The Morgan fingerprint density at radius 3 is 2.52 bits per heavy atom. The van der Waals surface area contributed by atoms with E-state index in [0.717, 1.165) is 12.4 Å². The highest BCUT2D eigenvalue weighted by atomic mass is 19.4. The lowest BCUT2D eigenvalue weighted by atomic mass is 10.3. The topological polar surface area (TPSA) is 80.0 Å². The molecule has 1 N–H and O–H groups in total. The van der Waals surface area contributed by atoms with Crippen molar-refractivity contribution >= 4 is 5.95 Å². The normalized spacial score (nSPS) is 15.1. The van der Waals surface area contributed by atoms with E-state index in [4.69, 9.17) is 5.11 Å². The van der Waals surface area contributed by atoms with Crippen molar-refractivity contribution in [1.29, 1.82) is 0 Å². The molecule has 0 spiro atoms. The van der Waals surface area contributed by atoms with E-state index in [1.54, 1.807) is 9.58 Å². The number of rotatable bonds is 2. The van der Waals surface area contributed by atoms with Gasteiger partial charge in [-0.15, -0.1) is 0 Å². The Morgan fingerprint density at radius 1 is 1.19 bits per heavy atom. The predicted octanol–water partition coefficient (Wildman–Crippen LogP) is 0.599. The van der Waals surface area contributed by atoms with Gasteiger partial charge in [-0.25, -0.2) is 19.6 Å². The van der Waals surface area contributed by atoms with Crippen LogP contribution in [0, 0.1) is 0 Å². The number of hydrogen-bond donors (Lipinski definition) is 1. The first-order valence-corrected chi connectivity index (χ1v) is 6.15. The number of anilines is 1. The van der Waals surface area contributed by atoms with Gasteiger partial charge < -0.3 is 10.0 Å². The Labute approximate surface area is 117 Å². The van der Waals surface area contributed by atoms with Crippen LogP contribution in [0.3, 0.4) is 0 Å². The molecule has 1 aliphatic rings. The molecule has 7 nitrogen and oxygen atoms in total. The molecule has 0 aliphatic carbocycles. The smallest absolute Gasteiger partial charge is 0.388 e. The predicted molar refractivity (Wildman–Crippen MR) is 64.0 cm³/mol. The van der Waals surface area contributed by atoms with Crippen molar-refractivity contribution in [3.63, 3.8) is 0 Å². The van der Waals surface area contributed by atoms with E-state index < -0.39 is 11.7 Å². The molecule has 21 heavy (non-hydrogen) atoms. The first-order chi connectivity index (χ1) is 9.97. The third-order valence-corrected chi connectivity index (χ3v) is 3.10. The molecule has 3 rings (SSSR count). The van der Waals surface area contributed by atoms with Gasteiger partial charge in [-0.2, -0.15) is 18.3 Å². The molecular weight excluding hydrogens is 289 g/mol. The molecule has 0 bridgehead atoms. The van der Waals surface area contributed by atoms with Gasteiger partial charge in [0, 0.05) is 18.9 Å². The maximum atomic E-state index is 12.5. The number of nitrogens with zero attached hydrogens (tertiary/aromatic N) is 6. The molecule has 0 atom stereocenters. The van der Waals surface area contributed by atoms with E-state index in [-0.39, 0.29) is 12.6 Å². The number of aromatic nitrogens is 5. The van der Waals surface area contributed by atoms with Gasteiger partial charge in [-0.1, -0.05) is 0 Å². The van der Waals surface area contributed by atoms with Gasteiger partial charge in [-0.05, 0) is 0 Å². The fraction of sp³-hybridized carbons (Fsp3) is 0.455. The van der Waals surface area contributed by atoms with Crippen molar-refractivity contribution in [2.75, 3.05) is 11.4 Å². The first kappa shape index (κ1) is 13.7. The molecule has 0 saturated carbocycles. The summed E-state index contributed by atoms with van der Waals surface area (Å²) >= 11 is 0. The highest BCUT2D eigenvalue weighted by Crippen LogP contribution is 2.28. The Morgan fingerprint density at radius 2 is 1.90 bits per heavy atom. The van der Waals surface area contributed by atoms with Crippen molar-refractivity contribution in [2.45, 2.75) is 25.9 Å². The van der Waals surface area contributed by atoms with Crippen LogP contribution >= 0.6 is 0 Å². The third kappa shape index (κ3) is 2.66. The summed E-state index contributed by atoms with van der Waals surface area (Å²) in [5.74, 6) is 1.15. The van der Waals surface area contributed by atoms with Crippen molar-refractivity contribution in [1.82, 2.24) is 24.7 Å². The molecule has 0 aromatic carbocycles. The lowest BCUT2D eigenvalue weighted by Gasteiger charge is -2.26. The lowest BCUT2D eigenvalue weighted by Crippen LogP contribution is -2.35. The van der Waals surface area contributed by atoms with Crippen LogP contribution in [0.15, 0.2) is 12.4 Å². The summed E-state index contributed by atoms with van der Waals surface area (Å²) in [6.07, 6.45) is -2.92. The van der Waals surface area contributed by atoms with Crippen LogP contribution in [0.25, 0.3) is 0 Å². The fourth-order valence-electron chi connectivity index (χ4n) is 2.06. The zero-order valence-electron chi connectivity index (χ0n) is 10.7. The molecule has 2 aromatic rings. The molecule has 112 valence electrons. The number of aliphatic hydroxyl groups excluding tert-OH is 1. The van der Waals surface area contributed by atoms with E-state index in [1.165, 1.54) is 0 Å². The number of halogens is 3. The van der Waals surface area contributed by atoms with Gasteiger partial charge in [0.1, 0.15) is 12.4 Å². The van der Waals surface area contributed by atoms with E-state index in [1.807, 2.05) is 0 Å². The fourth-order valence-corrected chi connectivity index (χ4v) is 2.06. The van der Waals surface area contributed by atoms with Gasteiger partial charge in [0.05, 0.1) is 18.7 Å². The molecule has 0 unspecified atom stereocenters. The minimum absolute atomic E-state index is 0.211. The van der Waals surface area contributed by atoms with E-state index >= 15 is 0 Å². The zero-order valence-corrected chi connectivity index (χ0v) is 10.7. The van der Waals surface area contributed by atoms with Crippen LogP contribution in [-0.2, 0) is 25.9 Å². The third-order valence-electron chi connectivity index (χ3n) is 3.10. The largest absolute Gasteiger partial charge is 0.419 e. The summed E-state index contributed by atoms with van der Waals surface area (Å²) in [6.45, 7) is 1.09. The van der Waals surface area contributed by atoms with E-state index in [2.05, 4.69) is 20.1 Å². The lowest BCUT2D eigenvalue weighted by molar-refractivity contribution is -0.138. The summed E-state index contributed by atoms with van der Waals surface area (Å²) in [5, 5.41) is 13.1. The van der Waals surface area contributed by atoms with Crippen LogP contribution in [0.1, 0.15) is 17.2 Å². The summed E-state index contributed by atoms with van der Waals surface area (Å²) in [4.78, 5) is 13.4. The molecule has 1 aliphatic heterocycles. The molecule has 0 saturated heterocycles. The maximum Gasteiger partial charge on any atom is 0.419 e. The molecular formula is C11H11F3N6O. The summed E-state index contributed by atoms with van der Waals surface area (Å²) in [6, 6.07) is 0. The number of aliphatic hydroxyl groups is 1. The average molecular weight is 300 g/mol. The maximum absolute atomic E-state index is 12.5. The summed E-state index contributed by atoms with van der Waals surface area (Å²) < 4.78 is 39.0. The zero-order chi connectivity index (χ0) is 15.0. The molecule has 0 fully saturated rings. The quantitative estimate of drug-likeness (QED) is 0.875. The van der Waals surface area contributed by atoms with Gasteiger partial charge in [-0.3, -0.25) is 0 Å². The van der Waals surface area contributed by atoms with Crippen molar-refractivity contribution in [3.05, 3.63) is 29.6 Å².